The van der Waals surface area contributed by atoms with Crippen molar-refractivity contribution in [3.05, 3.63) is 77.4 Å². The standard InChI is InChI=1S/C29H32N2O/c1-5-31(6-2)21-14-11-20(12-15-21)27-24-17-29(3,4)18-25(32)26(24)23-16-13-19-9-7-8-10-22(19)28(23)30-27/h7-16,27,30H,5-6,17-18H2,1-4H3. The van der Waals surface area contributed by atoms with Crippen molar-refractivity contribution < 1.29 is 4.79 Å². The summed E-state index contributed by atoms with van der Waals surface area (Å²) in [5.41, 5.74) is 6.78. The van der Waals surface area contributed by atoms with Crippen LogP contribution in [0.1, 0.15) is 57.7 Å². The molecule has 1 aliphatic heterocycles. The molecular weight excluding hydrogens is 392 g/mol. The number of hydrogen-bond donors (Lipinski definition) is 1. The molecule has 1 unspecified atom stereocenters. The Bertz CT molecular complexity index is 1220. The summed E-state index contributed by atoms with van der Waals surface area (Å²) in [6.45, 7) is 10.8. The van der Waals surface area contributed by atoms with Gasteiger partial charge in [-0.2, -0.15) is 0 Å². The molecule has 1 heterocycles. The minimum absolute atomic E-state index is 0.0117. The van der Waals surface area contributed by atoms with E-state index in [2.05, 4.69) is 98.6 Å². The number of allylic oxidation sites excluding steroid dienone is 1. The van der Waals surface area contributed by atoms with Gasteiger partial charge in [0.05, 0.1) is 11.7 Å². The van der Waals surface area contributed by atoms with Crippen LogP contribution in [0.25, 0.3) is 16.3 Å². The van der Waals surface area contributed by atoms with Gasteiger partial charge in [-0.15, -0.1) is 0 Å². The number of hydrogen-bond acceptors (Lipinski definition) is 3. The molecule has 0 saturated heterocycles. The molecular formula is C29H32N2O. The Labute approximate surface area is 191 Å². The number of Topliss-reactive ketones (excluding diaryl/α,β-unsaturated/α-hetero) is 1. The molecule has 0 saturated carbocycles. The van der Waals surface area contributed by atoms with Crippen molar-refractivity contribution in [2.24, 2.45) is 5.41 Å². The molecule has 164 valence electrons. The minimum Gasteiger partial charge on any atom is -0.373 e. The predicted octanol–water partition coefficient (Wildman–Crippen LogP) is 7.00. The van der Waals surface area contributed by atoms with E-state index in [1.165, 1.54) is 27.6 Å². The number of ketones is 1. The molecule has 0 spiro atoms. The predicted molar refractivity (Wildman–Crippen MR) is 135 cm³/mol. The van der Waals surface area contributed by atoms with Gasteiger partial charge >= 0.3 is 0 Å². The molecule has 0 radical (unpaired) electrons. The monoisotopic (exact) mass is 424 g/mol. The smallest absolute Gasteiger partial charge is 0.164 e. The van der Waals surface area contributed by atoms with Gasteiger partial charge in [0.15, 0.2) is 5.78 Å². The molecule has 1 atom stereocenters. The van der Waals surface area contributed by atoms with E-state index < -0.39 is 0 Å². The van der Waals surface area contributed by atoms with Gasteiger partial charge in [-0.05, 0) is 54.3 Å². The molecule has 3 aromatic carbocycles. The van der Waals surface area contributed by atoms with E-state index in [0.717, 1.165) is 36.3 Å². The zero-order chi connectivity index (χ0) is 22.5. The normalized spacial score (nSPS) is 19.4. The first-order valence-electron chi connectivity index (χ1n) is 11.8. The van der Waals surface area contributed by atoms with E-state index in [4.69, 9.17) is 0 Å². The lowest BCUT2D eigenvalue weighted by Gasteiger charge is -2.40. The Morgan fingerprint density at radius 1 is 0.938 bits per heavy atom. The fourth-order valence-corrected chi connectivity index (χ4v) is 5.56. The first-order valence-corrected chi connectivity index (χ1v) is 11.8. The van der Waals surface area contributed by atoms with Gasteiger partial charge in [0.25, 0.3) is 0 Å². The first kappa shape index (κ1) is 20.8. The number of nitrogens with zero attached hydrogens (tertiary/aromatic N) is 1. The molecule has 32 heavy (non-hydrogen) atoms. The minimum atomic E-state index is -0.0225. The zero-order valence-corrected chi connectivity index (χ0v) is 19.5. The van der Waals surface area contributed by atoms with Gasteiger partial charge in [0, 0.05) is 41.7 Å². The van der Waals surface area contributed by atoms with Crippen LogP contribution in [0.2, 0.25) is 0 Å². The number of anilines is 2. The summed E-state index contributed by atoms with van der Waals surface area (Å²) in [6.07, 6.45) is 1.53. The Hall–Kier alpha value is -3.07. The van der Waals surface area contributed by atoms with Crippen LogP contribution >= 0.6 is 0 Å². The number of rotatable bonds is 4. The van der Waals surface area contributed by atoms with E-state index in [1.54, 1.807) is 0 Å². The molecule has 1 aliphatic carbocycles. The van der Waals surface area contributed by atoms with E-state index in [1.807, 2.05) is 0 Å². The summed E-state index contributed by atoms with van der Waals surface area (Å²) >= 11 is 0. The highest BCUT2D eigenvalue weighted by Crippen LogP contribution is 2.51. The lowest BCUT2D eigenvalue weighted by molar-refractivity contribution is -0.116. The second-order valence-electron chi connectivity index (χ2n) is 9.89. The average Bonchev–Trinajstić information content (AvgIpc) is 2.78. The van der Waals surface area contributed by atoms with Crippen molar-refractivity contribution >= 4 is 33.5 Å². The Morgan fingerprint density at radius 3 is 2.38 bits per heavy atom. The quantitative estimate of drug-likeness (QED) is 0.489. The van der Waals surface area contributed by atoms with Gasteiger partial charge in [-0.1, -0.05) is 62.4 Å². The van der Waals surface area contributed by atoms with E-state index in [9.17, 15) is 4.79 Å². The number of nitrogens with one attached hydrogen (secondary N) is 1. The summed E-state index contributed by atoms with van der Waals surface area (Å²) in [5, 5.41) is 6.24. The van der Waals surface area contributed by atoms with Crippen LogP contribution in [0.15, 0.2) is 66.2 Å². The third-order valence-electron chi connectivity index (χ3n) is 7.10. The van der Waals surface area contributed by atoms with E-state index in [-0.39, 0.29) is 17.2 Å². The molecule has 0 bridgehead atoms. The highest BCUT2D eigenvalue weighted by atomic mass is 16.1. The number of fused-ring (bicyclic) bond motifs is 4. The molecule has 0 aromatic heterocycles. The van der Waals surface area contributed by atoms with E-state index >= 15 is 0 Å². The number of benzene rings is 3. The molecule has 2 aliphatic rings. The maximum Gasteiger partial charge on any atom is 0.164 e. The summed E-state index contributed by atoms with van der Waals surface area (Å²) in [5.74, 6) is 0.277. The molecule has 3 nitrogen and oxygen atoms in total. The van der Waals surface area contributed by atoms with Crippen molar-refractivity contribution in [2.75, 3.05) is 23.3 Å². The van der Waals surface area contributed by atoms with Crippen LogP contribution in [0.5, 0.6) is 0 Å². The van der Waals surface area contributed by atoms with Gasteiger partial charge in [0.2, 0.25) is 0 Å². The fraction of sp³-hybridized carbons (Fsp3) is 0.345. The van der Waals surface area contributed by atoms with Gasteiger partial charge < -0.3 is 10.2 Å². The van der Waals surface area contributed by atoms with Crippen molar-refractivity contribution in [1.82, 2.24) is 0 Å². The molecule has 0 fully saturated rings. The van der Waals surface area contributed by atoms with Crippen molar-refractivity contribution in [3.8, 4) is 0 Å². The summed E-state index contributed by atoms with van der Waals surface area (Å²) in [7, 11) is 0. The Balaban J connectivity index is 1.68. The molecule has 1 N–H and O–H groups in total. The van der Waals surface area contributed by atoms with Crippen LogP contribution in [0.3, 0.4) is 0 Å². The van der Waals surface area contributed by atoms with Crippen LogP contribution in [0, 0.1) is 5.41 Å². The molecule has 3 aromatic rings. The van der Waals surface area contributed by atoms with Crippen LogP contribution in [-0.4, -0.2) is 18.9 Å². The van der Waals surface area contributed by atoms with Crippen molar-refractivity contribution in [2.45, 2.75) is 46.6 Å². The maximum atomic E-state index is 13.4. The van der Waals surface area contributed by atoms with Gasteiger partial charge in [0.1, 0.15) is 0 Å². The number of carbonyl (C=O) groups excluding carboxylic acids is 1. The summed E-state index contributed by atoms with van der Waals surface area (Å²) in [4.78, 5) is 15.8. The van der Waals surface area contributed by atoms with Crippen LogP contribution in [-0.2, 0) is 4.79 Å². The lowest BCUT2D eigenvalue weighted by Crippen LogP contribution is -2.32. The maximum absolute atomic E-state index is 13.4. The van der Waals surface area contributed by atoms with Gasteiger partial charge in [-0.3, -0.25) is 4.79 Å². The lowest BCUT2D eigenvalue weighted by atomic mass is 9.68. The van der Waals surface area contributed by atoms with E-state index in [0.29, 0.717) is 6.42 Å². The topological polar surface area (TPSA) is 32.3 Å². The Kier molecular flexibility index (Phi) is 5.08. The Morgan fingerprint density at radius 2 is 1.66 bits per heavy atom. The first-order chi connectivity index (χ1) is 15.4. The summed E-state index contributed by atoms with van der Waals surface area (Å²) in [6, 6.07) is 21.6. The van der Waals surface area contributed by atoms with Crippen LogP contribution in [0.4, 0.5) is 11.4 Å². The summed E-state index contributed by atoms with van der Waals surface area (Å²) < 4.78 is 0. The molecule has 5 rings (SSSR count). The highest BCUT2D eigenvalue weighted by Gasteiger charge is 2.40. The molecule has 3 heteroatoms. The third-order valence-corrected chi connectivity index (χ3v) is 7.10. The van der Waals surface area contributed by atoms with Crippen molar-refractivity contribution in [3.63, 3.8) is 0 Å². The average molecular weight is 425 g/mol. The van der Waals surface area contributed by atoms with Crippen LogP contribution < -0.4 is 10.2 Å². The number of carbonyl (C=O) groups is 1. The molecule has 0 amide bonds. The fourth-order valence-electron chi connectivity index (χ4n) is 5.56. The zero-order valence-electron chi connectivity index (χ0n) is 19.5. The SMILES string of the molecule is CCN(CC)c1ccc(C2Nc3c(ccc4ccccc34)C3=C2CC(C)(C)CC3=O)cc1. The van der Waals surface area contributed by atoms with Crippen molar-refractivity contribution in [1.29, 1.82) is 0 Å². The second kappa shape index (κ2) is 7.81. The highest BCUT2D eigenvalue weighted by molar-refractivity contribution is 6.26. The largest absolute Gasteiger partial charge is 0.373 e. The van der Waals surface area contributed by atoms with Gasteiger partial charge in [-0.25, -0.2) is 0 Å². The second-order valence-corrected chi connectivity index (χ2v) is 9.89. The third kappa shape index (κ3) is 3.40.